The number of hydrogen-bond acceptors (Lipinski definition) is 3. The van der Waals surface area contributed by atoms with E-state index < -0.39 is 0 Å². The minimum absolute atomic E-state index is 0.335. The smallest absolute Gasteiger partial charge is 0.122 e. The third-order valence-corrected chi connectivity index (χ3v) is 3.87. The Kier molecular flexibility index (Phi) is 5.02. The first-order chi connectivity index (χ1) is 8.85. The monoisotopic (exact) mass is 248 g/mol. The van der Waals surface area contributed by atoms with Crippen LogP contribution in [0.5, 0.6) is 5.75 Å². The zero-order chi connectivity index (χ0) is 12.8. The molecule has 3 N–H and O–H groups in total. The molecule has 1 fully saturated rings. The highest BCUT2D eigenvalue weighted by Crippen LogP contribution is 2.26. The summed E-state index contributed by atoms with van der Waals surface area (Å²) in [5.74, 6) is 1.28. The molecule has 0 aromatic heterocycles. The van der Waals surface area contributed by atoms with Gasteiger partial charge < -0.3 is 15.8 Å². The van der Waals surface area contributed by atoms with Crippen molar-refractivity contribution >= 4 is 0 Å². The summed E-state index contributed by atoms with van der Waals surface area (Å²) < 4.78 is 5.42. The molecule has 1 atom stereocenters. The number of hydrogen-bond donors (Lipinski definition) is 2. The van der Waals surface area contributed by atoms with Crippen LogP contribution in [0.2, 0.25) is 0 Å². The fourth-order valence-corrected chi connectivity index (χ4v) is 2.76. The Morgan fingerprint density at radius 2 is 2.06 bits per heavy atom. The highest BCUT2D eigenvalue weighted by Gasteiger charge is 2.18. The maximum absolute atomic E-state index is 5.92. The van der Waals surface area contributed by atoms with Crippen LogP contribution in [0.3, 0.4) is 0 Å². The van der Waals surface area contributed by atoms with Crippen LogP contribution in [0, 0.1) is 0 Å². The molecule has 0 aliphatic heterocycles. The number of methoxy groups -OCH3 is 1. The predicted octanol–water partition coefficient (Wildman–Crippen LogP) is 2.27. The van der Waals surface area contributed by atoms with Gasteiger partial charge in [-0.2, -0.15) is 0 Å². The molecule has 0 spiro atoms. The van der Waals surface area contributed by atoms with Crippen molar-refractivity contribution in [3.8, 4) is 5.75 Å². The first-order valence-electron chi connectivity index (χ1n) is 6.91. The molecule has 0 amide bonds. The largest absolute Gasteiger partial charge is 0.496 e. The molecule has 0 heterocycles. The molecule has 0 radical (unpaired) electrons. The average molecular weight is 248 g/mol. The first-order valence-corrected chi connectivity index (χ1v) is 6.91. The molecule has 100 valence electrons. The van der Waals surface area contributed by atoms with E-state index in [0.29, 0.717) is 18.5 Å². The highest BCUT2D eigenvalue weighted by atomic mass is 16.5. The Morgan fingerprint density at radius 1 is 1.33 bits per heavy atom. The summed E-state index contributed by atoms with van der Waals surface area (Å²) in [6.45, 7) is 1.60. The van der Waals surface area contributed by atoms with E-state index >= 15 is 0 Å². The second-order valence-corrected chi connectivity index (χ2v) is 5.06. The van der Waals surface area contributed by atoms with E-state index in [2.05, 4.69) is 17.4 Å². The number of ether oxygens (including phenoxy) is 1. The maximum atomic E-state index is 5.92. The number of rotatable bonds is 6. The van der Waals surface area contributed by atoms with Crippen molar-refractivity contribution in [1.82, 2.24) is 5.32 Å². The fourth-order valence-electron chi connectivity index (χ4n) is 2.76. The molecule has 18 heavy (non-hydrogen) atoms. The Hall–Kier alpha value is -1.06. The van der Waals surface area contributed by atoms with Crippen molar-refractivity contribution in [2.75, 3.05) is 20.2 Å². The van der Waals surface area contributed by atoms with E-state index in [-0.39, 0.29) is 0 Å². The molecule has 1 aromatic carbocycles. The Balaban J connectivity index is 1.98. The molecule has 1 aromatic rings. The molecule has 0 bridgehead atoms. The summed E-state index contributed by atoms with van der Waals surface area (Å²) in [7, 11) is 1.72. The zero-order valence-corrected chi connectivity index (χ0v) is 11.2. The SMILES string of the molecule is COc1ccccc1C(CN)CNC1CCCC1. The third-order valence-electron chi connectivity index (χ3n) is 3.87. The third kappa shape index (κ3) is 3.24. The van der Waals surface area contributed by atoms with Crippen LogP contribution in [-0.4, -0.2) is 26.2 Å². The minimum atomic E-state index is 0.335. The maximum Gasteiger partial charge on any atom is 0.122 e. The molecule has 3 nitrogen and oxygen atoms in total. The molecule has 1 aliphatic carbocycles. The van der Waals surface area contributed by atoms with Gasteiger partial charge in [0, 0.05) is 25.0 Å². The predicted molar refractivity (Wildman–Crippen MR) is 75.0 cm³/mol. The van der Waals surface area contributed by atoms with Crippen molar-refractivity contribution in [3.63, 3.8) is 0 Å². The zero-order valence-electron chi connectivity index (χ0n) is 11.2. The van der Waals surface area contributed by atoms with Gasteiger partial charge in [-0.3, -0.25) is 0 Å². The second-order valence-electron chi connectivity index (χ2n) is 5.06. The van der Waals surface area contributed by atoms with E-state index in [1.165, 1.54) is 31.2 Å². The number of nitrogens with two attached hydrogens (primary N) is 1. The lowest BCUT2D eigenvalue weighted by Gasteiger charge is -2.21. The summed E-state index contributed by atoms with van der Waals surface area (Å²) in [5, 5.41) is 3.65. The van der Waals surface area contributed by atoms with Gasteiger partial charge in [-0.1, -0.05) is 31.0 Å². The van der Waals surface area contributed by atoms with Gasteiger partial charge in [0.2, 0.25) is 0 Å². The van der Waals surface area contributed by atoms with Gasteiger partial charge in [0.1, 0.15) is 5.75 Å². The average Bonchev–Trinajstić information content (AvgIpc) is 2.93. The molecule has 1 aliphatic rings. The topological polar surface area (TPSA) is 47.3 Å². The van der Waals surface area contributed by atoms with Gasteiger partial charge >= 0.3 is 0 Å². The van der Waals surface area contributed by atoms with Crippen LogP contribution < -0.4 is 15.8 Å². The van der Waals surface area contributed by atoms with E-state index in [1.807, 2.05) is 12.1 Å². The van der Waals surface area contributed by atoms with E-state index in [4.69, 9.17) is 10.5 Å². The quantitative estimate of drug-likeness (QED) is 0.812. The summed E-state index contributed by atoms with van der Waals surface area (Å²) in [6.07, 6.45) is 5.34. The van der Waals surface area contributed by atoms with Crippen LogP contribution >= 0.6 is 0 Å². The standard InChI is InChI=1S/C15H24N2O/c1-18-15-9-5-4-8-14(15)12(10-16)11-17-13-6-2-3-7-13/h4-5,8-9,12-13,17H,2-3,6-7,10-11,16H2,1H3. The van der Waals surface area contributed by atoms with Gasteiger partial charge in [-0.05, 0) is 24.5 Å². The number of nitrogens with one attached hydrogen (secondary N) is 1. The lowest BCUT2D eigenvalue weighted by atomic mass is 9.97. The van der Waals surface area contributed by atoms with Crippen molar-refractivity contribution in [3.05, 3.63) is 29.8 Å². The first kappa shape index (κ1) is 13.4. The van der Waals surface area contributed by atoms with Crippen molar-refractivity contribution in [2.24, 2.45) is 5.73 Å². The van der Waals surface area contributed by atoms with E-state index in [1.54, 1.807) is 7.11 Å². The summed E-state index contributed by atoms with van der Waals surface area (Å²) >= 11 is 0. The lowest BCUT2D eigenvalue weighted by molar-refractivity contribution is 0.401. The Bertz CT molecular complexity index is 361. The van der Waals surface area contributed by atoms with E-state index in [9.17, 15) is 0 Å². The Morgan fingerprint density at radius 3 is 2.72 bits per heavy atom. The molecule has 1 saturated carbocycles. The van der Waals surface area contributed by atoms with Crippen molar-refractivity contribution < 1.29 is 4.74 Å². The van der Waals surface area contributed by atoms with Gasteiger partial charge in [0.25, 0.3) is 0 Å². The van der Waals surface area contributed by atoms with Gasteiger partial charge in [0.15, 0.2) is 0 Å². The van der Waals surface area contributed by atoms with Crippen LogP contribution in [0.15, 0.2) is 24.3 Å². The molecule has 2 rings (SSSR count). The number of para-hydroxylation sites is 1. The van der Waals surface area contributed by atoms with Gasteiger partial charge in [0.05, 0.1) is 7.11 Å². The highest BCUT2D eigenvalue weighted by molar-refractivity contribution is 5.36. The van der Waals surface area contributed by atoms with Crippen molar-refractivity contribution in [2.45, 2.75) is 37.6 Å². The number of benzene rings is 1. The van der Waals surface area contributed by atoms with Crippen molar-refractivity contribution in [1.29, 1.82) is 0 Å². The van der Waals surface area contributed by atoms with Crippen LogP contribution in [0.1, 0.15) is 37.2 Å². The molecular weight excluding hydrogens is 224 g/mol. The molecule has 1 unspecified atom stereocenters. The minimum Gasteiger partial charge on any atom is -0.496 e. The van der Waals surface area contributed by atoms with Crippen LogP contribution in [0.25, 0.3) is 0 Å². The Labute approximate surface area is 110 Å². The normalized spacial score (nSPS) is 17.9. The molecule has 0 saturated heterocycles. The molecule has 3 heteroatoms. The molecular formula is C15H24N2O. The summed E-state index contributed by atoms with van der Waals surface area (Å²) in [4.78, 5) is 0. The van der Waals surface area contributed by atoms with Gasteiger partial charge in [-0.25, -0.2) is 0 Å². The lowest BCUT2D eigenvalue weighted by Crippen LogP contribution is -2.33. The van der Waals surface area contributed by atoms with Crippen LogP contribution in [0.4, 0.5) is 0 Å². The second kappa shape index (κ2) is 6.76. The van der Waals surface area contributed by atoms with Gasteiger partial charge in [-0.15, -0.1) is 0 Å². The summed E-state index contributed by atoms with van der Waals surface area (Å²) in [6, 6.07) is 8.87. The van der Waals surface area contributed by atoms with Crippen LogP contribution in [-0.2, 0) is 0 Å². The van der Waals surface area contributed by atoms with E-state index in [0.717, 1.165) is 12.3 Å². The summed E-state index contributed by atoms with van der Waals surface area (Å²) in [5.41, 5.74) is 7.13. The fraction of sp³-hybridized carbons (Fsp3) is 0.600.